The van der Waals surface area contributed by atoms with E-state index in [1.54, 1.807) is 6.07 Å². The predicted octanol–water partition coefficient (Wildman–Crippen LogP) is 4.68. The van der Waals surface area contributed by atoms with Crippen LogP contribution in [0.1, 0.15) is 51.0 Å². The molecule has 2 fully saturated rings. The lowest BCUT2D eigenvalue weighted by molar-refractivity contribution is 0.0273. The van der Waals surface area contributed by atoms with Crippen molar-refractivity contribution < 1.29 is 4.39 Å². The van der Waals surface area contributed by atoms with E-state index in [1.165, 1.54) is 44.6 Å². The first kappa shape index (κ1) is 14.3. The predicted molar refractivity (Wildman–Crippen MR) is 81.8 cm³/mol. The van der Waals surface area contributed by atoms with Crippen molar-refractivity contribution in [2.45, 2.75) is 50.9 Å². The molecule has 0 saturated heterocycles. The van der Waals surface area contributed by atoms with Gasteiger partial charge in [0.1, 0.15) is 5.82 Å². The summed E-state index contributed by atoms with van der Waals surface area (Å²) in [4.78, 5) is 0. The molecule has 0 amide bonds. The van der Waals surface area contributed by atoms with Gasteiger partial charge in [0.25, 0.3) is 0 Å². The van der Waals surface area contributed by atoms with Gasteiger partial charge in [0.2, 0.25) is 0 Å². The van der Waals surface area contributed by atoms with Gasteiger partial charge < -0.3 is 5.32 Å². The molecule has 1 spiro atoms. The maximum absolute atomic E-state index is 13.3. The van der Waals surface area contributed by atoms with Crippen LogP contribution in [0.4, 0.5) is 4.39 Å². The van der Waals surface area contributed by atoms with Crippen molar-refractivity contribution in [3.8, 4) is 0 Å². The maximum atomic E-state index is 13.3. The van der Waals surface area contributed by atoms with Crippen LogP contribution in [0.25, 0.3) is 0 Å². The fourth-order valence-corrected chi connectivity index (χ4v) is 4.92. The van der Waals surface area contributed by atoms with Gasteiger partial charge in [0, 0.05) is 17.0 Å². The van der Waals surface area contributed by atoms with Gasteiger partial charge in [-0.1, -0.05) is 37.4 Å². The van der Waals surface area contributed by atoms with Gasteiger partial charge in [-0.15, -0.1) is 0 Å². The molecule has 1 aromatic rings. The number of likely N-dealkylation sites (N-methyl/N-ethyl adjacent to an activating group) is 1. The molecule has 2 aliphatic rings. The van der Waals surface area contributed by atoms with Crippen molar-refractivity contribution in [1.29, 1.82) is 0 Å². The smallest absolute Gasteiger partial charge is 0.124 e. The highest BCUT2D eigenvalue weighted by atomic mass is 35.5. The van der Waals surface area contributed by atoms with Crippen molar-refractivity contribution in [1.82, 2.24) is 5.32 Å². The van der Waals surface area contributed by atoms with Crippen LogP contribution in [0, 0.1) is 11.2 Å². The van der Waals surface area contributed by atoms with Gasteiger partial charge in [0.05, 0.1) is 0 Å². The third-order valence-corrected chi connectivity index (χ3v) is 5.62. The molecule has 0 aromatic heterocycles. The molecule has 1 aromatic carbocycles. The normalized spacial score (nSPS) is 22.9. The second-order valence-corrected chi connectivity index (χ2v) is 7.15. The molecule has 110 valence electrons. The third-order valence-electron chi connectivity index (χ3n) is 5.31. The van der Waals surface area contributed by atoms with Gasteiger partial charge in [-0.25, -0.2) is 4.39 Å². The first-order chi connectivity index (χ1) is 9.59. The zero-order chi connectivity index (χ0) is 14.2. The lowest BCUT2D eigenvalue weighted by Crippen LogP contribution is -2.54. The Balaban J connectivity index is 1.87. The van der Waals surface area contributed by atoms with Gasteiger partial charge in [-0.05, 0) is 55.3 Å². The fourth-order valence-electron chi connectivity index (χ4n) is 4.56. The minimum absolute atomic E-state index is 0.116. The van der Waals surface area contributed by atoms with Crippen LogP contribution in [-0.4, -0.2) is 13.1 Å². The summed E-state index contributed by atoms with van der Waals surface area (Å²) < 4.78 is 13.3. The Morgan fingerprint density at radius 3 is 2.55 bits per heavy atom. The van der Waals surface area contributed by atoms with Crippen molar-refractivity contribution in [2.75, 3.05) is 13.1 Å². The maximum Gasteiger partial charge on any atom is 0.124 e. The van der Waals surface area contributed by atoms with E-state index in [-0.39, 0.29) is 11.2 Å². The van der Waals surface area contributed by atoms with E-state index in [0.29, 0.717) is 10.4 Å². The number of hydrogen-bond donors (Lipinski definition) is 1. The average molecular weight is 296 g/mol. The van der Waals surface area contributed by atoms with Crippen LogP contribution >= 0.6 is 11.6 Å². The molecule has 3 heteroatoms. The second kappa shape index (κ2) is 5.31. The van der Waals surface area contributed by atoms with Crippen molar-refractivity contribution in [2.24, 2.45) is 5.41 Å². The second-order valence-electron chi connectivity index (χ2n) is 6.75. The van der Waals surface area contributed by atoms with Crippen molar-refractivity contribution in [3.63, 3.8) is 0 Å². The van der Waals surface area contributed by atoms with Gasteiger partial charge in [-0.2, -0.15) is 0 Å². The van der Waals surface area contributed by atoms with Crippen molar-refractivity contribution >= 4 is 11.6 Å². The Kier molecular flexibility index (Phi) is 3.81. The number of benzene rings is 1. The van der Waals surface area contributed by atoms with Crippen LogP contribution in [-0.2, 0) is 5.41 Å². The van der Waals surface area contributed by atoms with E-state index in [9.17, 15) is 4.39 Å². The molecule has 0 unspecified atom stereocenters. The molecule has 0 atom stereocenters. The Morgan fingerprint density at radius 2 is 1.95 bits per heavy atom. The minimum atomic E-state index is -0.243. The number of halogens is 2. The Hall–Kier alpha value is -0.600. The monoisotopic (exact) mass is 295 g/mol. The lowest BCUT2D eigenvalue weighted by atomic mass is 9.49. The highest BCUT2D eigenvalue weighted by molar-refractivity contribution is 6.31. The summed E-state index contributed by atoms with van der Waals surface area (Å²) in [6.45, 7) is 4.05. The Morgan fingerprint density at radius 1 is 1.25 bits per heavy atom. The molecular weight excluding hydrogens is 273 g/mol. The first-order valence-electron chi connectivity index (χ1n) is 7.76. The first-order valence-corrected chi connectivity index (χ1v) is 8.13. The molecule has 3 rings (SSSR count). The molecule has 1 nitrogen and oxygen atoms in total. The summed E-state index contributed by atoms with van der Waals surface area (Å²) in [5.74, 6) is -0.243. The zero-order valence-electron chi connectivity index (χ0n) is 12.1. The summed E-state index contributed by atoms with van der Waals surface area (Å²) in [6, 6.07) is 4.91. The molecule has 20 heavy (non-hydrogen) atoms. The van der Waals surface area contributed by atoms with E-state index in [2.05, 4.69) is 12.2 Å². The Bertz CT molecular complexity index is 486. The number of nitrogens with one attached hydrogen (secondary N) is 1. The van der Waals surface area contributed by atoms with Crippen LogP contribution in [0.3, 0.4) is 0 Å². The average Bonchev–Trinajstić information content (AvgIpc) is 2.84. The summed E-state index contributed by atoms with van der Waals surface area (Å²) in [6.07, 6.45) is 7.87. The van der Waals surface area contributed by atoms with Crippen LogP contribution in [0.5, 0.6) is 0 Å². The molecule has 2 saturated carbocycles. The van der Waals surface area contributed by atoms with Crippen LogP contribution in [0.2, 0.25) is 5.02 Å². The number of hydrogen-bond acceptors (Lipinski definition) is 1. The summed E-state index contributed by atoms with van der Waals surface area (Å²) >= 11 is 6.33. The highest BCUT2D eigenvalue weighted by Gasteiger charge is 2.55. The topological polar surface area (TPSA) is 12.0 Å². The third kappa shape index (κ3) is 2.37. The van der Waals surface area contributed by atoms with E-state index in [0.717, 1.165) is 18.7 Å². The van der Waals surface area contributed by atoms with E-state index < -0.39 is 0 Å². The van der Waals surface area contributed by atoms with Crippen LogP contribution < -0.4 is 5.32 Å². The zero-order valence-corrected chi connectivity index (χ0v) is 12.9. The quantitative estimate of drug-likeness (QED) is 0.850. The number of rotatable bonds is 4. The van der Waals surface area contributed by atoms with Gasteiger partial charge in [0.15, 0.2) is 0 Å². The Labute approximate surface area is 125 Å². The molecule has 0 radical (unpaired) electrons. The SMILES string of the molecule is CCNCC1(c2ccc(F)cc2Cl)CC2(CCCC2)C1. The summed E-state index contributed by atoms with van der Waals surface area (Å²) in [5, 5.41) is 4.08. The minimum Gasteiger partial charge on any atom is -0.316 e. The lowest BCUT2D eigenvalue weighted by Gasteiger charge is -2.56. The van der Waals surface area contributed by atoms with Crippen molar-refractivity contribution in [3.05, 3.63) is 34.6 Å². The standard InChI is InChI=1S/C17H23ClFN/c1-2-20-12-17(10-16(11-17)7-3-4-8-16)14-6-5-13(19)9-15(14)18/h5-6,9,20H,2-4,7-8,10-12H2,1H3. The highest BCUT2D eigenvalue weighted by Crippen LogP contribution is 2.63. The molecule has 1 N–H and O–H groups in total. The summed E-state index contributed by atoms with van der Waals surface area (Å²) in [7, 11) is 0. The molecule has 0 heterocycles. The van der Waals surface area contributed by atoms with E-state index >= 15 is 0 Å². The molecule has 0 bridgehead atoms. The largest absolute Gasteiger partial charge is 0.316 e. The van der Waals surface area contributed by atoms with E-state index in [4.69, 9.17) is 11.6 Å². The van der Waals surface area contributed by atoms with Gasteiger partial charge in [-0.3, -0.25) is 0 Å². The molecular formula is C17H23ClFN. The molecule has 2 aliphatic carbocycles. The fraction of sp³-hybridized carbons (Fsp3) is 0.647. The summed E-state index contributed by atoms with van der Waals surface area (Å²) in [5.41, 5.74) is 1.80. The van der Waals surface area contributed by atoms with Gasteiger partial charge >= 0.3 is 0 Å². The van der Waals surface area contributed by atoms with Crippen LogP contribution in [0.15, 0.2) is 18.2 Å². The molecule has 0 aliphatic heterocycles. The van der Waals surface area contributed by atoms with E-state index in [1.807, 2.05) is 6.07 Å².